The second-order valence-corrected chi connectivity index (χ2v) is 3.57. The van der Waals surface area contributed by atoms with Gasteiger partial charge < -0.3 is 4.74 Å². The third-order valence-corrected chi connectivity index (χ3v) is 2.39. The Kier molecular flexibility index (Phi) is 3.72. The lowest BCUT2D eigenvalue weighted by Gasteiger charge is -2.06. The van der Waals surface area contributed by atoms with Crippen LogP contribution in [0.5, 0.6) is 5.75 Å². The minimum Gasteiger partial charge on any atom is -0.492 e. The van der Waals surface area contributed by atoms with E-state index in [9.17, 15) is 0 Å². The van der Waals surface area contributed by atoms with Crippen LogP contribution in [0.15, 0.2) is 48.8 Å². The van der Waals surface area contributed by atoms with Crippen LogP contribution in [0.2, 0.25) is 0 Å². The number of hydrogen-bond acceptors (Lipinski definition) is 3. The van der Waals surface area contributed by atoms with Crippen molar-refractivity contribution in [3.63, 3.8) is 0 Å². The number of ether oxygens (including phenoxy) is 1. The zero-order valence-corrected chi connectivity index (χ0v) is 9.34. The summed E-state index contributed by atoms with van der Waals surface area (Å²) < 4.78 is 5.57. The van der Waals surface area contributed by atoms with Crippen molar-refractivity contribution in [2.24, 2.45) is 0 Å². The van der Waals surface area contributed by atoms with Gasteiger partial charge in [0.25, 0.3) is 0 Å². The molecule has 0 spiro atoms. The third-order valence-electron chi connectivity index (χ3n) is 2.39. The molecule has 0 aliphatic heterocycles. The van der Waals surface area contributed by atoms with Crippen molar-refractivity contribution in [1.82, 2.24) is 4.98 Å². The molecule has 0 saturated carbocycles. The SMILES string of the molecule is N#Cc1cnccc1OCCc1ccccc1. The first-order valence-corrected chi connectivity index (χ1v) is 5.41. The molecule has 1 heterocycles. The van der Waals surface area contributed by atoms with E-state index in [1.54, 1.807) is 12.3 Å². The van der Waals surface area contributed by atoms with Crippen LogP contribution in [-0.2, 0) is 6.42 Å². The Morgan fingerprint density at radius 3 is 2.76 bits per heavy atom. The molecule has 0 bridgehead atoms. The fraction of sp³-hybridized carbons (Fsp3) is 0.143. The Balaban J connectivity index is 1.93. The monoisotopic (exact) mass is 224 g/mol. The Bertz CT molecular complexity index is 517. The lowest BCUT2D eigenvalue weighted by atomic mass is 10.2. The molecule has 2 rings (SSSR count). The Hall–Kier alpha value is -2.34. The Labute approximate surface area is 100 Å². The fourth-order valence-electron chi connectivity index (χ4n) is 1.52. The number of nitriles is 1. The number of benzene rings is 1. The van der Waals surface area contributed by atoms with Gasteiger partial charge >= 0.3 is 0 Å². The number of pyridine rings is 1. The van der Waals surface area contributed by atoms with Gasteiger partial charge in [0.1, 0.15) is 17.4 Å². The van der Waals surface area contributed by atoms with Crippen molar-refractivity contribution < 1.29 is 4.74 Å². The van der Waals surface area contributed by atoms with Gasteiger partial charge in [-0.1, -0.05) is 30.3 Å². The molecule has 3 heteroatoms. The molecule has 0 atom stereocenters. The Morgan fingerprint density at radius 1 is 1.18 bits per heavy atom. The van der Waals surface area contributed by atoms with Crippen LogP contribution in [0.25, 0.3) is 0 Å². The van der Waals surface area contributed by atoms with E-state index < -0.39 is 0 Å². The molecule has 0 saturated heterocycles. The molecule has 1 aromatic carbocycles. The lowest BCUT2D eigenvalue weighted by molar-refractivity contribution is 0.320. The van der Waals surface area contributed by atoms with E-state index in [1.165, 1.54) is 11.8 Å². The normalized spacial score (nSPS) is 9.59. The molecule has 0 amide bonds. The van der Waals surface area contributed by atoms with Crippen molar-refractivity contribution in [1.29, 1.82) is 5.26 Å². The molecule has 0 N–H and O–H groups in total. The van der Waals surface area contributed by atoms with E-state index in [4.69, 9.17) is 10.00 Å². The van der Waals surface area contributed by atoms with Crippen molar-refractivity contribution in [2.45, 2.75) is 6.42 Å². The summed E-state index contributed by atoms with van der Waals surface area (Å²) in [5.74, 6) is 0.596. The molecule has 0 aliphatic rings. The van der Waals surface area contributed by atoms with Crippen molar-refractivity contribution in [2.75, 3.05) is 6.61 Å². The van der Waals surface area contributed by atoms with Crippen molar-refractivity contribution >= 4 is 0 Å². The summed E-state index contributed by atoms with van der Waals surface area (Å²) >= 11 is 0. The highest BCUT2D eigenvalue weighted by molar-refractivity contribution is 5.40. The van der Waals surface area contributed by atoms with Gasteiger partial charge in [-0.25, -0.2) is 0 Å². The highest BCUT2D eigenvalue weighted by Gasteiger charge is 2.01. The lowest BCUT2D eigenvalue weighted by Crippen LogP contribution is -2.02. The molecule has 0 aliphatic carbocycles. The second-order valence-electron chi connectivity index (χ2n) is 3.57. The van der Waals surface area contributed by atoms with Gasteiger partial charge in [0.15, 0.2) is 0 Å². The standard InChI is InChI=1S/C14H12N2O/c15-10-13-11-16-8-6-14(13)17-9-7-12-4-2-1-3-5-12/h1-6,8,11H,7,9H2. The molecule has 0 fully saturated rings. The minimum atomic E-state index is 0.473. The molecule has 17 heavy (non-hydrogen) atoms. The van der Waals surface area contributed by atoms with Gasteiger partial charge in [0, 0.05) is 18.8 Å². The summed E-state index contributed by atoms with van der Waals surface area (Å²) in [7, 11) is 0. The van der Waals surface area contributed by atoms with E-state index >= 15 is 0 Å². The maximum absolute atomic E-state index is 8.86. The second kappa shape index (κ2) is 5.66. The minimum absolute atomic E-state index is 0.473. The van der Waals surface area contributed by atoms with Crippen LogP contribution >= 0.6 is 0 Å². The maximum atomic E-state index is 8.86. The molecule has 2 aromatic rings. The first-order valence-electron chi connectivity index (χ1n) is 5.41. The molecular weight excluding hydrogens is 212 g/mol. The van der Waals surface area contributed by atoms with Gasteiger partial charge in [-0.2, -0.15) is 5.26 Å². The van der Waals surface area contributed by atoms with Crippen molar-refractivity contribution in [3.05, 3.63) is 59.9 Å². The Morgan fingerprint density at radius 2 is 2.00 bits per heavy atom. The number of hydrogen-bond donors (Lipinski definition) is 0. The van der Waals surface area contributed by atoms with E-state index in [0.717, 1.165) is 6.42 Å². The third kappa shape index (κ3) is 3.05. The zero-order chi connectivity index (χ0) is 11.9. The first kappa shape index (κ1) is 11.2. The molecule has 1 aromatic heterocycles. The van der Waals surface area contributed by atoms with Gasteiger partial charge in [-0.3, -0.25) is 4.98 Å². The summed E-state index contributed by atoms with van der Waals surface area (Å²) in [4.78, 5) is 3.88. The highest BCUT2D eigenvalue weighted by atomic mass is 16.5. The molecule has 84 valence electrons. The van der Waals surface area contributed by atoms with E-state index in [1.807, 2.05) is 18.2 Å². The van der Waals surface area contributed by atoms with Crippen molar-refractivity contribution in [3.8, 4) is 11.8 Å². The summed E-state index contributed by atoms with van der Waals surface area (Å²) in [6, 6.07) is 13.9. The summed E-state index contributed by atoms with van der Waals surface area (Å²) in [5, 5.41) is 8.86. The van der Waals surface area contributed by atoms with Crippen LogP contribution in [0.3, 0.4) is 0 Å². The summed E-state index contributed by atoms with van der Waals surface area (Å²) in [5.41, 5.74) is 1.70. The van der Waals surface area contributed by atoms with Crippen LogP contribution < -0.4 is 4.74 Å². The zero-order valence-electron chi connectivity index (χ0n) is 9.34. The van der Waals surface area contributed by atoms with E-state index in [0.29, 0.717) is 17.9 Å². The van der Waals surface area contributed by atoms with Crippen LogP contribution in [-0.4, -0.2) is 11.6 Å². The molecule has 0 radical (unpaired) electrons. The largest absolute Gasteiger partial charge is 0.492 e. The number of nitrogens with zero attached hydrogens (tertiary/aromatic N) is 2. The van der Waals surface area contributed by atoms with Crippen LogP contribution in [0.1, 0.15) is 11.1 Å². The highest BCUT2D eigenvalue weighted by Crippen LogP contribution is 2.15. The van der Waals surface area contributed by atoms with Gasteiger partial charge in [0.2, 0.25) is 0 Å². The predicted molar refractivity (Wildman–Crippen MR) is 64.6 cm³/mol. The van der Waals surface area contributed by atoms with Gasteiger partial charge in [0.05, 0.1) is 6.61 Å². The summed E-state index contributed by atoms with van der Waals surface area (Å²) in [6.45, 7) is 0.558. The smallest absolute Gasteiger partial charge is 0.140 e. The topological polar surface area (TPSA) is 45.9 Å². The molecular formula is C14H12N2O. The average molecular weight is 224 g/mol. The van der Waals surface area contributed by atoms with E-state index in [-0.39, 0.29) is 0 Å². The maximum Gasteiger partial charge on any atom is 0.140 e. The molecule has 0 unspecified atom stereocenters. The fourth-order valence-corrected chi connectivity index (χ4v) is 1.52. The van der Waals surface area contributed by atoms with Crippen LogP contribution in [0.4, 0.5) is 0 Å². The average Bonchev–Trinajstić information content (AvgIpc) is 2.40. The number of aromatic nitrogens is 1. The first-order chi connectivity index (χ1) is 8.40. The quantitative estimate of drug-likeness (QED) is 0.801. The van der Waals surface area contributed by atoms with Gasteiger partial charge in [-0.15, -0.1) is 0 Å². The van der Waals surface area contributed by atoms with Crippen LogP contribution in [0, 0.1) is 11.3 Å². The predicted octanol–water partition coefficient (Wildman–Crippen LogP) is 2.57. The van der Waals surface area contributed by atoms with E-state index in [2.05, 4.69) is 23.2 Å². The molecule has 3 nitrogen and oxygen atoms in total. The summed E-state index contributed by atoms with van der Waals surface area (Å²) in [6.07, 6.45) is 3.96. The van der Waals surface area contributed by atoms with Gasteiger partial charge in [-0.05, 0) is 11.6 Å². The number of rotatable bonds is 4.